The van der Waals surface area contributed by atoms with Crippen LogP contribution in [0.4, 0.5) is 0 Å². The van der Waals surface area contributed by atoms with E-state index in [1.807, 2.05) is 18.3 Å². The Kier molecular flexibility index (Phi) is 4.03. The van der Waals surface area contributed by atoms with Crippen LogP contribution in [0.25, 0.3) is 0 Å². The third-order valence-electron chi connectivity index (χ3n) is 3.52. The molecule has 0 saturated heterocycles. The summed E-state index contributed by atoms with van der Waals surface area (Å²) in [6, 6.07) is 10.4. The lowest BCUT2D eigenvalue weighted by molar-refractivity contribution is 0.350. The van der Waals surface area contributed by atoms with E-state index in [4.69, 9.17) is 4.74 Å². The van der Waals surface area contributed by atoms with Crippen molar-refractivity contribution in [3.8, 4) is 5.75 Å². The minimum atomic E-state index is 0.0450. The van der Waals surface area contributed by atoms with Crippen LogP contribution in [0.3, 0.4) is 0 Å². The maximum atomic E-state index is 5.84. The number of aromatic nitrogens is 1. The predicted molar refractivity (Wildman–Crippen MR) is 83.1 cm³/mol. The SMILES string of the molecule is CCNC(c1cccc2c1OCC2)c1ncccc1Br. The van der Waals surface area contributed by atoms with Crippen molar-refractivity contribution in [2.24, 2.45) is 0 Å². The van der Waals surface area contributed by atoms with E-state index in [0.29, 0.717) is 0 Å². The minimum Gasteiger partial charge on any atom is -0.493 e. The number of fused-ring (bicyclic) bond motifs is 1. The van der Waals surface area contributed by atoms with Gasteiger partial charge in [0.15, 0.2) is 0 Å². The lowest BCUT2D eigenvalue weighted by atomic mass is 9.99. The van der Waals surface area contributed by atoms with Gasteiger partial charge in [-0.2, -0.15) is 0 Å². The van der Waals surface area contributed by atoms with Gasteiger partial charge in [-0.05, 0) is 40.2 Å². The fraction of sp³-hybridized carbons (Fsp3) is 0.312. The lowest BCUT2D eigenvalue weighted by Crippen LogP contribution is -2.23. The number of rotatable bonds is 4. The van der Waals surface area contributed by atoms with E-state index in [1.54, 1.807) is 0 Å². The van der Waals surface area contributed by atoms with Crippen LogP contribution in [0.5, 0.6) is 5.75 Å². The third-order valence-corrected chi connectivity index (χ3v) is 4.20. The lowest BCUT2D eigenvalue weighted by Gasteiger charge is -2.21. The van der Waals surface area contributed by atoms with Crippen molar-refractivity contribution in [3.05, 3.63) is 57.8 Å². The van der Waals surface area contributed by atoms with Gasteiger partial charge in [0.2, 0.25) is 0 Å². The Hall–Kier alpha value is -1.39. The van der Waals surface area contributed by atoms with Crippen LogP contribution in [0, 0.1) is 0 Å². The fourth-order valence-corrected chi connectivity index (χ4v) is 3.12. The van der Waals surface area contributed by atoms with Crippen LogP contribution in [-0.2, 0) is 6.42 Å². The van der Waals surface area contributed by atoms with Crippen molar-refractivity contribution in [1.29, 1.82) is 0 Å². The molecule has 0 saturated carbocycles. The summed E-state index contributed by atoms with van der Waals surface area (Å²) in [5.74, 6) is 1.02. The minimum absolute atomic E-state index is 0.0450. The highest BCUT2D eigenvalue weighted by atomic mass is 79.9. The van der Waals surface area contributed by atoms with E-state index in [9.17, 15) is 0 Å². The molecule has 0 fully saturated rings. The number of hydrogen-bond acceptors (Lipinski definition) is 3. The fourth-order valence-electron chi connectivity index (χ4n) is 2.64. The maximum Gasteiger partial charge on any atom is 0.127 e. The van der Waals surface area contributed by atoms with Crippen LogP contribution >= 0.6 is 15.9 Å². The molecule has 0 radical (unpaired) electrons. The van der Waals surface area contributed by atoms with Gasteiger partial charge in [0, 0.05) is 22.7 Å². The first-order valence-electron chi connectivity index (χ1n) is 6.89. The van der Waals surface area contributed by atoms with Crippen molar-refractivity contribution < 1.29 is 4.74 Å². The number of ether oxygens (including phenoxy) is 1. The molecule has 4 heteroatoms. The first kappa shape index (κ1) is 13.6. The van der Waals surface area contributed by atoms with Crippen LogP contribution in [0.15, 0.2) is 41.0 Å². The molecule has 1 N–H and O–H groups in total. The molecule has 0 bridgehead atoms. The Balaban J connectivity index is 2.08. The van der Waals surface area contributed by atoms with Crippen LogP contribution in [0.2, 0.25) is 0 Å². The largest absolute Gasteiger partial charge is 0.493 e. The van der Waals surface area contributed by atoms with E-state index in [-0.39, 0.29) is 6.04 Å². The molecule has 20 heavy (non-hydrogen) atoms. The van der Waals surface area contributed by atoms with Gasteiger partial charge in [-0.25, -0.2) is 0 Å². The highest BCUT2D eigenvalue weighted by Gasteiger charge is 2.24. The van der Waals surface area contributed by atoms with Crippen LogP contribution in [0.1, 0.15) is 29.8 Å². The number of pyridine rings is 1. The highest BCUT2D eigenvalue weighted by molar-refractivity contribution is 9.10. The molecule has 0 aliphatic carbocycles. The summed E-state index contributed by atoms with van der Waals surface area (Å²) in [4.78, 5) is 4.53. The Bertz CT molecular complexity index is 615. The second kappa shape index (κ2) is 5.94. The summed E-state index contributed by atoms with van der Waals surface area (Å²) in [5.41, 5.74) is 3.46. The average molecular weight is 333 g/mol. The molecule has 1 atom stereocenters. The maximum absolute atomic E-state index is 5.84. The zero-order chi connectivity index (χ0) is 13.9. The van der Waals surface area contributed by atoms with E-state index < -0.39 is 0 Å². The van der Waals surface area contributed by atoms with Gasteiger partial charge in [0.05, 0.1) is 18.3 Å². The van der Waals surface area contributed by atoms with Gasteiger partial charge in [0.25, 0.3) is 0 Å². The molecule has 1 aromatic carbocycles. The molecule has 3 rings (SSSR count). The average Bonchev–Trinajstić information content (AvgIpc) is 2.94. The zero-order valence-electron chi connectivity index (χ0n) is 11.4. The number of benzene rings is 1. The smallest absolute Gasteiger partial charge is 0.127 e. The van der Waals surface area contributed by atoms with Gasteiger partial charge < -0.3 is 10.1 Å². The van der Waals surface area contributed by atoms with E-state index >= 15 is 0 Å². The molecule has 2 aromatic rings. The molecular weight excluding hydrogens is 316 g/mol. The van der Waals surface area contributed by atoms with Gasteiger partial charge in [-0.1, -0.05) is 25.1 Å². The summed E-state index contributed by atoms with van der Waals surface area (Å²) in [6.45, 7) is 3.75. The van der Waals surface area contributed by atoms with E-state index in [0.717, 1.165) is 35.5 Å². The predicted octanol–water partition coefficient (Wildman–Crippen LogP) is 3.48. The molecule has 0 spiro atoms. The summed E-state index contributed by atoms with van der Waals surface area (Å²) in [6.07, 6.45) is 2.82. The normalized spacial score (nSPS) is 14.7. The van der Waals surface area contributed by atoms with Gasteiger partial charge in [-0.3, -0.25) is 4.98 Å². The van der Waals surface area contributed by atoms with Crippen molar-refractivity contribution in [3.63, 3.8) is 0 Å². The first-order valence-corrected chi connectivity index (χ1v) is 7.69. The molecule has 3 nitrogen and oxygen atoms in total. The molecular formula is C16H17BrN2O. The number of nitrogens with zero attached hydrogens (tertiary/aromatic N) is 1. The highest BCUT2D eigenvalue weighted by Crippen LogP contribution is 2.37. The topological polar surface area (TPSA) is 34.1 Å². The van der Waals surface area contributed by atoms with Gasteiger partial charge in [-0.15, -0.1) is 0 Å². The Morgan fingerprint density at radius 1 is 1.35 bits per heavy atom. The number of hydrogen-bond donors (Lipinski definition) is 1. The van der Waals surface area contributed by atoms with Crippen molar-refractivity contribution in [2.75, 3.05) is 13.2 Å². The van der Waals surface area contributed by atoms with Crippen molar-refractivity contribution in [2.45, 2.75) is 19.4 Å². The summed E-state index contributed by atoms with van der Waals surface area (Å²) < 4.78 is 6.85. The Morgan fingerprint density at radius 2 is 2.25 bits per heavy atom. The number of halogens is 1. The second-order valence-electron chi connectivity index (χ2n) is 4.80. The standard InChI is InChI=1S/C16H17BrN2O/c1-2-18-14(15-13(17)7-4-9-19-15)12-6-3-5-11-8-10-20-16(11)12/h3-7,9,14,18H,2,8,10H2,1H3. The molecule has 104 valence electrons. The van der Waals surface area contributed by atoms with E-state index in [1.165, 1.54) is 11.1 Å². The van der Waals surface area contributed by atoms with Crippen LogP contribution in [-0.4, -0.2) is 18.1 Å². The van der Waals surface area contributed by atoms with Crippen molar-refractivity contribution in [1.82, 2.24) is 10.3 Å². The first-order chi connectivity index (χ1) is 9.81. The molecule has 2 heterocycles. The Labute approximate surface area is 127 Å². The van der Waals surface area contributed by atoms with Crippen molar-refractivity contribution >= 4 is 15.9 Å². The molecule has 1 aromatic heterocycles. The third kappa shape index (κ3) is 2.45. The summed E-state index contributed by atoms with van der Waals surface area (Å²) in [7, 11) is 0. The van der Waals surface area contributed by atoms with E-state index in [2.05, 4.69) is 51.4 Å². The quantitative estimate of drug-likeness (QED) is 0.930. The zero-order valence-corrected chi connectivity index (χ0v) is 13.0. The van der Waals surface area contributed by atoms with Crippen LogP contribution < -0.4 is 10.1 Å². The molecule has 1 aliphatic heterocycles. The number of nitrogens with one attached hydrogen (secondary N) is 1. The van der Waals surface area contributed by atoms with Gasteiger partial charge in [0.1, 0.15) is 5.75 Å². The molecule has 1 unspecified atom stereocenters. The Morgan fingerprint density at radius 3 is 3.05 bits per heavy atom. The number of para-hydroxylation sites is 1. The van der Waals surface area contributed by atoms with Gasteiger partial charge >= 0.3 is 0 Å². The molecule has 0 amide bonds. The molecule has 1 aliphatic rings. The summed E-state index contributed by atoms with van der Waals surface area (Å²) >= 11 is 3.60. The monoisotopic (exact) mass is 332 g/mol. The second-order valence-corrected chi connectivity index (χ2v) is 5.65. The summed E-state index contributed by atoms with van der Waals surface area (Å²) in [5, 5.41) is 3.51.